The van der Waals surface area contributed by atoms with Crippen LogP contribution in [0.2, 0.25) is 0 Å². The normalized spacial score (nSPS) is 15.2. The van der Waals surface area contributed by atoms with Crippen molar-refractivity contribution in [2.45, 2.75) is 32.4 Å². The van der Waals surface area contributed by atoms with Crippen molar-refractivity contribution in [2.75, 3.05) is 0 Å². The van der Waals surface area contributed by atoms with Crippen LogP contribution in [0, 0.1) is 21.8 Å². The van der Waals surface area contributed by atoms with Crippen LogP contribution in [0.5, 0.6) is 0 Å². The molecule has 1 aromatic rings. The summed E-state index contributed by atoms with van der Waals surface area (Å²) >= 11 is 0. The van der Waals surface area contributed by atoms with Gasteiger partial charge in [0.1, 0.15) is 5.82 Å². The highest BCUT2D eigenvalue weighted by Gasteiger charge is 2.28. The minimum absolute atomic E-state index is 0. The first-order valence-corrected chi connectivity index (χ1v) is 5.76. The van der Waals surface area contributed by atoms with Crippen LogP contribution in [0.4, 0.5) is 10.1 Å². The Balaban J connectivity index is 0.00000324. The number of benzene rings is 1. The first-order chi connectivity index (χ1) is 8.38. The van der Waals surface area contributed by atoms with Gasteiger partial charge in [-0.2, -0.15) is 0 Å². The summed E-state index contributed by atoms with van der Waals surface area (Å²) in [7, 11) is 0. The highest BCUT2D eigenvalue weighted by Crippen LogP contribution is 2.29. The van der Waals surface area contributed by atoms with Gasteiger partial charge in [0.2, 0.25) is 0 Å². The van der Waals surface area contributed by atoms with Crippen LogP contribution < -0.4 is 5.73 Å². The number of aliphatic hydroxyl groups excluding tert-OH is 1. The van der Waals surface area contributed by atoms with Crippen molar-refractivity contribution in [3.8, 4) is 0 Å². The number of nitro benzene ring substituents is 1. The molecule has 5 nitrogen and oxygen atoms in total. The predicted octanol–water partition coefficient (Wildman–Crippen LogP) is 2.56. The van der Waals surface area contributed by atoms with Crippen LogP contribution in [-0.4, -0.2) is 16.1 Å². The van der Waals surface area contributed by atoms with Crippen LogP contribution in [0.3, 0.4) is 0 Å². The van der Waals surface area contributed by atoms with Crippen molar-refractivity contribution in [1.82, 2.24) is 0 Å². The van der Waals surface area contributed by atoms with Gasteiger partial charge >= 0.3 is 0 Å². The molecule has 108 valence electrons. The molecule has 0 saturated heterocycles. The fourth-order valence-corrected chi connectivity index (χ4v) is 1.74. The van der Waals surface area contributed by atoms with E-state index in [4.69, 9.17) is 5.73 Å². The SMILES string of the molecule is CCC(C)[C@@H](O)[C@@H](N)c1ccc(F)cc1[N+](=O)[O-].Cl. The van der Waals surface area contributed by atoms with Crippen molar-refractivity contribution >= 4 is 18.1 Å². The Bertz CT molecular complexity index is 445. The summed E-state index contributed by atoms with van der Waals surface area (Å²) in [5, 5.41) is 20.8. The Hall–Kier alpha value is -1.24. The van der Waals surface area contributed by atoms with E-state index in [1.54, 1.807) is 6.92 Å². The quantitative estimate of drug-likeness (QED) is 0.645. The molecule has 0 fully saturated rings. The van der Waals surface area contributed by atoms with Crippen molar-refractivity contribution in [2.24, 2.45) is 11.7 Å². The van der Waals surface area contributed by atoms with E-state index in [0.29, 0.717) is 6.42 Å². The number of nitrogens with zero attached hydrogens (tertiary/aromatic N) is 1. The summed E-state index contributed by atoms with van der Waals surface area (Å²) in [6.45, 7) is 3.69. The molecule has 3 N–H and O–H groups in total. The number of nitrogens with two attached hydrogens (primary N) is 1. The molecular formula is C12H18ClFN2O3. The first kappa shape index (κ1) is 17.8. The van der Waals surface area contributed by atoms with E-state index < -0.39 is 28.6 Å². The Kier molecular flexibility index (Phi) is 6.89. The molecule has 3 atom stereocenters. The zero-order chi connectivity index (χ0) is 13.9. The number of nitro groups is 1. The minimum atomic E-state index is -0.904. The molecule has 0 spiro atoms. The maximum Gasteiger partial charge on any atom is 0.277 e. The zero-order valence-corrected chi connectivity index (χ0v) is 11.6. The van der Waals surface area contributed by atoms with Gasteiger partial charge in [-0.15, -0.1) is 12.4 Å². The Morgan fingerprint density at radius 3 is 2.58 bits per heavy atom. The smallest absolute Gasteiger partial charge is 0.277 e. The highest BCUT2D eigenvalue weighted by atomic mass is 35.5. The third kappa shape index (κ3) is 4.12. The van der Waals surface area contributed by atoms with Gasteiger partial charge in [0.25, 0.3) is 5.69 Å². The van der Waals surface area contributed by atoms with E-state index in [1.807, 2.05) is 6.92 Å². The molecule has 7 heteroatoms. The molecule has 19 heavy (non-hydrogen) atoms. The Labute approximate surface area is 117 Å². The summed E-state index contributed by atoms with van der Waals surface area (Å²) in [6, 6.07) is 2.27. The van der Waals surface area contributed by atoms with Gasteiger partial charge in [-0.1, -0.05) is 20.3 Å². The second-order valence-electron chi connectivity index (χ2n) is 4.36. The zero-order valence-electron chi connectivity index (χ0n) is 10.7. The molecular weight excluding hydrogens is 275 g/mol. The minimum Gasteiger partial charge on any atom is -0.391 e. The first-order valence-electron chi connectivity index (χ1n) is 5.76. The van der Waals surface area contributed by atoms with E-state index in [2.05, 4.69) is 0 Å². The third-order valence-electron chi connectivity index (χ3n) is 3.14. The third-order valence-corrected chi connectivity index (χ3v) is 3.14. The van der Waals surface area contributed by atoms with Crippen molar-refractivity contribution in [1.29, 1.82) is 0 Å². The molecule has 0 heterocycles. The van der Waals surface area contributed by atoms with Crippen molar-refractivity contribution < 1.29 is 14.4 Å². The molecule has 0 aliphatic heterocycles. The summed E-state index contributed by atoms with van der Waals surface area (Å²) in [5.74, 6) is -0.791. The van der Waals surface area contributed by atoms with E-state index in [-0.39, 0.29) is 23.9 Å². The van der Waals surface area contributed by atoms with Crippen molar-refractivity contribution in [3.63, 3.8) is 0 Å². The number of halogens is 2. The molecule has 1 rings (SSSR count). The fourth-order valence-electron chi connectivity index (χ4n) is 1.74. The standard InChI is InChI=1S/C12H17FN2O3.ClH/c1-3-7(2)12(16)11(14)9-5-4-8(13)6-10(9)15(17)18;/h4-7,11-12,16H,3,14H2,1-2H3;1H/t7?,11-,12+;/m0./s1. The van der Waals surface area contributed by atoms with Gasteiger partial charge in [0.15, 0.2) is 0 Å². The van der Waals surface area contributed by atoms with E-state index in [0.717, 1.165) is 12.1 Å². The molecule has 0 radical (unpaired) electrons. The molecule has 0 aromatic heterocycles. The molecule has 0 saturated carbocycles. The van der Waals surface area contributed by atoms with Crippen molar-refractivity contribution in [3.05, 3.63) is 39.7 Å². The molecule has 0 amide bonds. The van der Waals surface area contributed by atoms with Gasteiger partial charge in [-0.25, -0.2) is 4.39 Å². The Morgan fingerprint density at radius 2 is 2.11 bits per heavy atom. The maximum absolute atomic E-state index is 13.0. The number of hydrogen-bond donors (Lipinski definition) is 2. The van der Waals surface area contributed by atoms with E-state index in [1.165, 1.54) is 6.07 Å². The summed E-state index contributed by atoms with van der Waals surface area (Å²) in [6.07, 6.45) is -0.205. The van der Waals surface area contributed by atoms with Crippen LogP contribution in [0.1, 0.15) is 31.9 Å². The molecule has 1 unspecified atom stereocenters. The van der Waals surface area contributed by atoms with Crippen LogP contribution in [-0.2, 0) is 0 Å². The van der Waals surface area contributed by atoms with E-state index in [9.17, 15) is 19.6 Å². The highest BCUT2D eigenvalue weighted by molar-refractivity contribution is 5.85. The molecule has 1 aromatic carbocycles. The lowest BCUT2D eigenvalue weighted by Gasteiger charge is -2.24. The topological polar surface area (TPSA) is 89.4 Å². The lowest BCUT2D eigenvalue weighted by Crippen LogP contribution is -2.32. The van der Waals surface area contributed by atoms with Crippen LogP contribution in [0.15, 0.2) is 18.2 Å². The Morgan fingerprint density at radius 1 is 1.53 bits per heavy atom. The van der Waals surface area contributed by atoms with E-state index >= 15 is 0 Å². The number of hydrogen-bond acceptors (Lipinski definition) is 4. The van der Waals surface area contributed by atoms with Gasteiger partial charge in [0.05, 0.1) is 23.1 Å². The summed E-state index contributed by atoms with van der Waals surface area (Å²) in [4.78, 5) is 10.1. The predicted molar refractivity (Wildman–Crippen MR) is 72.7 cm³/mol. The lowest BCUT2D eigenvalue weighted by molar-refractivity contribution is -0.386. The molecule has 0 bridgehead atoms. The average molecular weight is 293 g/mol. The van der Waals surface area contributed by atoms with Crippen LogP contribution in [0.25, 0.3) is 0 Å². The van der Waals surface area contributed by atoms with Gasteiger partial charge in [-0.05, 0) is 18.1 Å². The average Bonchev–Trinajstić information content (AvgIpc) is 2.35. The molecule has 0 aliphatic rings. The number of aliphatic hydroxyl groups is 1. The second kappa shape index (κ2) is 7.37. The van der Waals surface area contributed by atoms with Gasteiger partial charge < -0.3 is 10.8 Å². The lowest BCUT2D eigenvalue weighted by atomic mass is 9.91. The fraction of sp³-hybridized carbons (Fsp3) is 0.500. The summed E-state index contributed by atoms with van der Waals surface area (Å²) < 4.78 is 13.0. The largest absolute Gasteiger partial charge is 0.391 e. The maximum atomic E-state index is 13.0. The van der Waals surface area contributed by atoms with Gasteiger partial charge in [0, 0.05) is 5.56 Å². The second-order valence-corrected chi connectivity index (χ2v) is 4.36. The number of rotatable bonds is 5. The van der Waals surface area contributed by atoms with Crippen LogP contribution >= 0.6 is 12.4 Å². The monoisotopic (exact) mass is 292 g/mol. The van der Waals surface area contributed by atoms with Gasteiger partial charge in [-0.3, -0.25) is 10.1 Å². The molecule has 0 aliphatic carbocycles. The summed E-state index contributed by atoms with van der Waals surface area (Å²) in [5.41, 5.74) is 5.58.